The van der Waals surface area contributed by atoms with Crippen LogP contribution in [0.2, 0.25) is 0 Å². The van der Waals surface area contributed by atoms with Crippen molar-refractivity contribution in [3.05, 3.63) is 113 Å². The van der Waals surface area contributed by atoms with E-state index >= 15 is 0 Å². The zero-order valence-electron chi connectivity index (χ0n) is 19.2. The van der Waals surface area contributed by atoms with E-state index < -0.39 is 20.8 Å². The molecule has 4 rings (SSSR count). The van der Waals surface area contributed by atoms with Gasteiger partial charge in [0.05, 0.1) is 4.90 Å². The molecule has 1 aliphatic rings. The number of hydrogen-bond acceptors (Lipinski definition) is 3. The van der Waals surface area contributed by atoms with Crippen LogP contribution >= 0.6 is 0 Å². The van der Waals surface area contributed by atoms with Gasteiger partial charge in [-0.05, 0) is 48.6 Å². The lowest BCUT2D eigenvalue weighted by atomic mass is 10.0. The molecule has 0 aliphatic carbocycles. The summed E-state index contributed by atoms with van der Waals surface area (Å²) in [4.78, 5) is 0.279. The fourth-order valence-corrected chi connectivity index (χ4v) is 7.03. The van der Waals surface area contributed by atoms with Crippen LogP contribution in [0.1, 0.15) is 23.1 Å². The molecule has 1 heterocycles. The Kier molecular flexibility index (Phi) is 7.93. The third-order valence-corrected chi connectivity index (χ3v) is 9.04. The summed E-state index contributed by atoms with van der Waals surface area (Å²) in [6.07, 6.45) is 6.59. The molecule has 1 fully saturated rings. The van der Waals surface area contributed by atoms with Crippen LogP contribution in [0, 0.1) is 12.8 Å². The van der Waals surface area contributed by atoms with Crippen LogP contribution in [0.15, 0.2) is 101 Å². The van der Waals surface area contributed by atoms with Crippen molar-refractivity contribution in [2.75, 3.05) is 12.3 Å². The number of sulfonamides is 1. The van der Waals surface area contributed by atoms with Gasteiger partial charge in [-0.15, -0.1) is 0 Å². The summed E-state index contributed by atoms with van der Waals surface area (Å²) in [7, 11) is -4.98. The van der Waals surface area contributed by atoms with Gasteiger partial charge in [0, 0.05) is 34.5 Å². The summed E-state index contributed by atoms with van der Waals surface area (Å²) in [6, 6.07) is 26.3. The molecule has 0 aromatic heterocycles. The smallest absolute Gasteiger partial charge is 0.243 e. The van der Waals surface area contributed by atoms with E-state index in [0.717, 1.165) is 16.7 Å². The van der Waals surface area contributed by atoms with Gasteiger partial charge in [-0.25, -0.2) is 8.42 Å². The molecule has 1 aliphatic heterocycles. The van der Waals surface area contributed by atoms with Crippen molar-refractivity contribution >= 4 is 33.0 Å². The van der Waals surface area contributed by atoms with Crippen molar-refractivity contribution in [1.82, 2.24) is 4.31 Å². The Balaban J connectivity index is 1.55. The van der Waals surface area contributed by atoms with E-state index in [4.69, 9.17) is 0 Å². The van der Waals surface area contributed by atoms with Gasteiger partial charge in [-0.2, -0.15) is 4.31 Å². The molecule has 176 valence electrons. The van der Waals surface area contributed by atoms with Crippen molar-refractivity contribution < 1.29 is 12.6 Å². The third kappa shape index (κ3) is 6.20. The van der Waals surface area contributed by atoms with Crippen LogP contribution in [0.3, 0.4) is 0 Å². The Morgan fingerprint density at radius 1 is 0.882 bits per heavy atom. The summed E-state index contributed by atoms with van der Waals surface area (Å²) in [6.45, 7) is 2.31. The molecule has 3 aromatic rings. The molecule has 0 radical (unpaired) electrons. The second-order valence-electron chi connectivity index (χ2n) is 8.57. The monoisotopic (exact) mass is 491 g/mol. The average Bonchev–Trinajstić information content (AvgIpc) is 3.26. The highest BCUT2D eigenvalue weighted by atomic mass is 32.2. The van der Waals surface area contributed by atoms with Crippen LogP contribution in [0.5, 0.6) is 0 Å². The average molecular weight is 492 g/mol. The first-order chi connectivity index (χ1) is 16.4. The molecule has 0 bridgehead atoms. The van der Waals surface area contributed by atoms with E-state index in [2.05, 4.69) is 6.08 Å². The third-order valence-electron chi connectivity index (χ3n) is 5.95. The summed E-state index contributed by atoms with van der Waals surface area (Å²) in [5.74, 6) is 0.324. The van der Waals surface area contributed by atoms with Gasteiger partial charge in [0.15, 0.2) is 0 Å². The Bertz CT molecular complexity index is 1270. The quantitative estimate of drug-likeness (QED) is 0.418. The second-order valence-corrected chi connectivity index (χ2v) is 11.8. The first kappa shape index (κ1) is 24.3. The highest BCUT2D eigenvalue weighted by molar-refractivity contribution is 7.89. The van der Waals surface area contributed by atoms with Crippen LogP contribution in [-0.2, 0) is 20.8 Å². The van der Waals surface area contributed by atoms with Crippen LogP contribution in [0.25, 0.3) is 12.2 Å². The van der Waals surface area contributed by atoms with Crippen LogP contribution in [-0.4, -0.2) is 35.3 Å². The largest absolute Gasteiger partial charge is 0.255 e. The van der Waals surface area contributed by atoms with E-state index in [1.165, 1.54) is 0 Å². The van der Waals surface area contributed by atoms with Gasteiger partial charge in [0.1, 0.15) is 0 Å². The number of hydrogen-bond donors (Lipinski definition) is 0. The minimum Gasteiger partial charge on any atom is -0.255 e. The molecule has 0 N–H and O–H groups in total. The molecule has 3 atom stereocenters. The van der Waals surface area contributed by atoms with Gasteiger partial charge < -0.3 is 0 Å². The fraction of sp³-hybridized carbons (Fsp3) is 0.214. The van der Waals surface area contributed by atoms with E-state index in [0.29, 0.717) is 13.0 Å². The summed E-state index contributed by atoms with van der Waals surface area (Å²) in [5.41, 5.74) is 3.05. The maximum Gasteiger partial charge on any atom is 0.243 e. The Hall–Kier alpha value is -2.80. The second kappa shape index (κ2) is 11.1. The molecule has 3 aromatic carbocycles. The summed E-state index contributed by atoms with van der Waals surface area (Å²) in [5, 5.41) is 1.67. The molecule has 0 spiro atoms. The highest BCUT2D eigenvalue weighted by Crippen LogP contribution is 2.31. The van der Waals surface area contributed by atoms with Crippen LogP contribution in [0.4, 0.5) is 0 Å². The number of rotatable bonds is 8. The molecule has 4 nitrogen and oxygen atoms in total. The Morgan fingerprint density at radius 2 is 1.47 bits per heavy atom. The lowest BCUT2D eigenvalue weighted by Gasteiger charge is -2.23. The molecular formula is C28H29NO3S2. The Morgan fingerprint density at radius 3 is 2.09 bits per heavy atom. The lowest BCUT2D eigenvalue weighted by molar-refractivity contribution is 0.409. The van der Waals surface area contributed by atoms with Crippen molar-refractivity contribution in [3.63, 3.8) is 0 Å². The number of aryl methyl sites for hydroxylation is 1. The fourth-order valence-electron chi connectivity index (χ4n) is 4.13. The predicted molar refractivity (Wildman–Crippen MR) is 141 cm³/mol. The molecule has 1 saturated heterocycles. The standard InChI is InChI=1S/C28H29NO3S2/c1-23-12-16-28(17-13-23)34(31,32)29-21-26(15-14-24-8-4-2-5-9-24)20-27(29)22-33(30)19-18-25-10-6-3-7-11-25/h2-19,26-27H,20-22H2,1H3/b15-14+,19-18+/t26-,27-,33?/m0/s1. The van der Waals surface area contributed by atoms with Crippen LogP contribution < -0.4 is 0 Å². The lowest BCUT2D eigenvalue weighted by Crippen LogP contribution is -2.38. The zero-order chi connectivity index (χ0) is 24.0. The Labute approximate surface area is 205 Å². The number of benzene rings is 3. The molecule has 0 saturated carbocycles. The van der Waals surface area contributed by atoms with E-state index in [-0.39, 0.29) is 22.6 Å². The van der Waals surface area contributed by atoms with Gasteiger partial charge in [-0.3, -0.25) is 4.21 Å². The molecule has 34 heavy (non-hydrogen) atoms. The predicted octanol–water partition coefficient (Wildman–Crippen LogP) is 5.51. The van der Waals surface area contributed by atoms with Crippen molar-refractivity contribution in [2.24, 2.45) is 5.92 Å². The first-order valence-electron chi connectivity index (χ1n) is 11.3. The van der Waals surface area contributed by atoms with Gasteiger partial charge >= 0.3 is 0 Å². The minimum absolute atomic E-state index is 0.0560. The maximum absolute atomic E-state index is 13.5. The first-order valence-corrected chi connectivity index (χ1v) is 14.2. The number of nitrogens with zero attached hydrogens (tertiary/aromatic N) is 1. The van der Waals surface area contributed by atoms with Gasteiger partial charge in [-0.1, -0.05) is 90.5 Å². The van der Waals surface area contributed by atoms with E-state index in [1.807, 2.05) is 91.9 Å². The SMILES string of the molecule is Cc1ccc(S(=O)(=O)N2C[C@@H](/C=C/c3ccccc3)C[C@H]2CS(=O)/C=C/c2ccccc2)cc1. The molecule has 0 amide bonds. The van der Waals surface area contributed by atoms with Gasteiger partial charge in [0.25, 0.3) is 0 Å². The maximum atomic E-state index is 13.5. The highest BCUT2D eigenvalue weighted by Gasteiger charge is 2.39. The normalized spacial score (nSPS) is 20.3. The summed E-state index contributed by atoms with van der Waals surface area (Å²) < 4.78 is 41.5. The summed E-state index contributed by atoms with van der Waals surface area (Å²) >= 11 is 0. The van der Waals surface area contributed by atoms with Crippen molar-refractivity contribution in [2.45, 2.75) is 24.3 Å². The molecule has 1 unspecified atom stereocenters. The van der Waals surface area contributed by atoms with Gasteiger partial charge in [0.2, 0.25) is 10.0 Å². The molecule has 6 heteroatoms. The van der Waals surface area contributed by atoms with E-state index in [9.17, 15) is 12.6 Å². The van der Waals surface area contributed by atoms with Crippen molar-refractivity contribution in [1.29, 1.82) is 0 Å². The topological polar surface area (TPSA) is 54.5 Å². The minimum atomic E-state index is -3.69. The van der Waals surface area contributed by atoms with Crippen molar-refractivity contribution in [3.8, 4) is 0 Å². The zero-order valence-corrected chi connectivity index (χ0v) is 20.8. The van der Waals surface area contributed by atoms with E-state index in [1.54, 1.807) is 21.8 Å². The molecular weight excluding hydrogens is 462 g/mol.